The van der Waals surface area contributed by atoms with Gasteiger partial charge in [0.05, 0.1) is 62.3 Å². The maximum Gasteiger partial charge on any atom is 0.175 e. The molecule has 24 heteroatoms. The van der Waals surface area contributed by atoms with Crippen molar-refractivity contribution in [1.29, 1.82) is 0 Å². The molecule has 6 atom stereocenters. The van der Waals surface area contributed by atoms with Gasteiger partial charge < -0.3 is 29.4 Å². The molecule has 636 valence electrons. The zero-order chi connectivity index (χ0) is 157. The van der Waals surface area contributed by atoms with Crippen LogP contribution in [0.2, 0.25) is 0 Å². The van der Waals surface area contributed by atoms with E-state index < -0.39 is 488 Å². The average molecular weight is 1770 g/mol. The lowest BCUT2D eigenvalue weighted by atomic mass is 9.90. The van der Waals surface area contributed by atoms with Crippen molar-refractivity contribution in [2.45, 2.75) is 221 Å². The highest BCUT2D eigenvalue weighted by Gasteiger charge is 2.29. The van der Waals surface area contributed by atoms with Crippen molar-refractivity contribution in [3.63, 3.8) is 0 Å². The lowest BCUT2D eigenvalue weighted by molar-refractivity contribution is 0.208. The molecule has 6 fully saturated rings. The molecule has 0 unspecified atom stereocenters. The van der Waals surface area contributed by atoms with Gasteiger partial charge in [-0.25, -0.2) is 50.5 Å². The Morgan fingerprint density at radius 2 is 0.632 bits per heavy atom. The predicted molar refractivity (Wildman–Crippen MR) is 470 cm³/mol. The number of rotatable bonds is 24. The minimum Gasteiger partial charge on any atom is -0.303 e. The third-order valence-corrected chi connectivity index (χ3v) is 19.5. The number of likely N-dealkylation sites (tertiary alicyclic amines) is 6. The largest absolute Gasteiger partial charge is 0.303 e. The van der Waals surface area contributed by atoms with Gasteiger partial charge in [0.15, 0.2) is 59.0 Å². The Labute approximate surface area is 806 Å². The van der Waals surface area contributed by atoms with E-state index in [0.29, 0.717) is 54.9 Å². The smallest absolute Gasteiger partial charge is 0.175 e. The molecule has 0 aliphatic carbocycles. The molecule has 18 nitrogen and oxygen atoms in total. The Bertz CT molecular complexity index is 9050. The van der Waals surface area contributed by atoms with E-state index in [0.717, 1.165) is 6.92 Å². The van der Waals surface area contributed by atoms with Gasteiger partial charge in [0.1, 0.15) is 0 Å². The van der Waals surface area contributed by atoms with Crippen LogP contribution in [0.15, 0.2) is 174 Å². The van der Waals surface area contributed by atoms with E-state index in [-0.39, 0.29) is 60.6 Å². The van der Waals surface area contributed by atoms with Gasteiger partial charge in [-0.1, -0.05) is 114 Å². The molecule has 0 N–H and O–H groups in total. The number of sulfone groups is 6. The van der Waals surface area contributed by atoms with Crippen LogP contribution in [0.5, 0.6) is 0 Å². The first kappa shape index (κ1) is 32.3. The van der Waals surface area contributed by atoms with Crippen LogP contribution >= 0.6 is 0 Å². The second-order valence-electron chi connectivity index (χ2n) is 23.5. The Kier molecular flexibility index (Phi) is 13.1. The highest BCUT2D eigenvalue weighted by atomic mass is 32.2. The lowest BCUT2D eigenvalue weighted by Crippen LogP contribution is -2.34. The van der Waals surface area contributed by atoms with Crippen molar-refractivity contribution < 1.29 is 164 Å². The van der Waals surface area contributed by atoms with Crippen LogP contribution < -0.4 is 0 Å². The van der Waals surface area contributed by atoms with E-state index in [2.05, 4.69) is 0 Å². The van der Waals surface area contributed by atoms with Crippen LogP contribution in [-0.4, -0.2) is 234 Å². The molecular formula is C90H138N6O12S6. The van der Waals surface area contributed by atoms with Crippen molar-refractivity contribution in [1.82, 2.24) is 29.4 Å². The third-order valence-electron chi connectivity index (χ3n) is 14.4. The molecule has 0 radical (unpaired) electrons. The summed E-state index contributed by atoms with van der Waals surface area (Å²) in [6.07, 6.45) is -45.4. The molecule has 12 rings (SSSR count). The average Bonchev–Trinajstić information content (AvgIpc) is 0.652. The van der Waals surface area contributed by atoms with Gasteiger partial charge in [-0.05, 0) is 335 Å². The van der Waals surface area contributed by atoms with Gasteiger partial charge in [-0.3, -0.25) is 0 Å². The van der Waals surface area contributed by atoms with Gasteiger partial charge >= 0.3 is 0 Å². The standard InChI is InChI=1S/6C15H23NO2S/c6*1-3-9-16-10-5-7-14(12-16)13-6-4-8-15(11-13)19(2,17)18/h6*4,6,8,11,14H,3,5,7,9-10,12H2,1-2H3/t6*14-/m111111/s1/i3D2,4D,5D2,6D,7D2,8D,9D2,10D2,11D,12D2,14D;4D,5D2,6D,7D2,8D,9D2,10D2,11D,12D2,14D;2D3,4D,5D2,6D,7D2,8D,10D2,11D,12D2,14D;4D,5D2,6D,7D2,8D,10D2,11D,12D2,14D;2D3,3D2,4D,6D,8D,9D2,11D,12D2;2D3,4D,6D,8D,9D2,11D. The zero-order valence-electron chi connectivity index (χ0n) is 145. The minimum absolute atomic E-state index is 0.0102. The van der Waals surface area contributed by atoms with Gasteiger partial charge in [0.2, 0.25) is 0 Å². The van der Waals surface area contributed by atoms with Crippen molar-refractivity contribution in [2.75, 3.05) is 155 Å². The highest BCUT2D eigenvalue weighted by Crippen LogP contribution is 2.35. The molecule has 6 saturated heterocycles. The fourth-order valence-electron chi connectivity index (χ4n) is 9.48. The van der Waals surface area contributed by atoms with E-state index in [1.54, 1.807) is 11.8 Å². The Hall–Kier alpha value is -5.22. The summed E-state index contributed by atoms with van der Waals surface area (Å²) in [5.41, 5.74) is -6.43. The molecule has 0 bridgehead atoms. The summed E-state index contributed by atoms with van der Waals surface area (Å²) in [6, 6.07) is -27.8. The van der Waals surface area contributed by atoms with Gasteiger partial charge in [0, 0.05) is 157 Å². The van der Waals surface area contributed by atoms with Crippen LogP contribution in [0.4, 0.5) is 0 Å². The summed E-state index contributed by atoms with van der Waals surface area (Å²) in [5, 5.41) is 0. The van der Waals surface area contributed by atoms with Gasteiger partial charge in [-0.15, -0.1) is 0 Å². The van der Waals surface area contributed by atoms with Crippen LogP contribution in [0.1, 0.15) is 339 Å². The summed E-state index contributed by atoms with van der Waals surface area (Å²) in [7, 11) is -29.5. The van der Waals surface area contributed by atoms with Crippen LogP contribution in [-0.2, 0) is 59.0 Å². The van der Waals surface area contributed by atoms with Crippen LogP contribution in [0.25, 0.3) is 0 Å². The molecule has 114 heavy (non-hydrogen) atoms. The number of piperidine rings is 6. The molecule has 6 aliphatic rings. The van der Waals surface area contributed by atoms with Crippen molar-refractivity contribution >= 4 is 59.0 Å². The topological polar surface area (TPSA) is 224 Å². The first-order valence-corrected chi connectivity index (χ1v) is 43.8. The molecule has 6 aliphatic heterocycles. The molecule has 0 saturated carbocycles. The van der Waals surface area contributed by atoms with E-state index in [4.69, 9.17) is 114 Å². The fraction of sp³-hybridized carbons (Fsp3) is 0.600. The number of hydrogen-bond donors (Lipinski definition) is 0. The zero-order valence-corrected chi connectivity index (χ0v) is 67.3. The van der Waals surface area contributed by atoms with E-state index >= 15 is 0 Å². The SMILES string of the molecule is [2H]c1c([2H])c([C@@H]2CCCN(C([2H])([2H])C([2H])([2H])C)C2([2H])[2H])c([2H])c(S(=O)(=O)C([2H])([2H])[2H])c1[2H].[2H]c1c([2H])c([C@@H]2CCCN(C([2H])([2H])CC)C2)c([2H])c(S(=O)(=O)C([2H])([2H])[2H])c1[2H].[2H]c1c([2H])c([C@@]2([2H])C([2H])([2H])N(C([2H])([2H])C([2H])([2H])C)C([2H])([2H])C([2H])([2H])C2([2H])[2H])c([2H])c(S(C)(=O)=O)c1[2H].[2H]c1c([2H])c([C@@]2([2H])C([2H])([2H])N(C([2H])([2H])CC)C([2H])([2H])C([2H])([2H])C2([2H])[2H])c([2H])c(S(C)(=O)=O)c1[2H].[2H]c1c([2H])c([C@@]2([2H])C([2H])([2H])N(CCC)C([2H])([2H])C([2H])([2H])C2([2H])[2H])c([2H])c(S(=O)(=O)C([2H])([2H])[2H])c1[2H].[2H]c1c([2H])c([C@@]2([2H])C([2H])([2H])N(CCC)C([2H])([2H])C([2H])([2H])C2([2H])[2H])c([2H])c(S(C)(=O)=O)c1[2H]. The van der Waals surface area contributed by atoms with Gasteiger partial charge in [-0.2, -0.15) is 0 Å². The molecular weight excluding hydrogens is 1550 g/mol. The predicted octanol–water partition coefficient (Wildman–Crippen LogP) is 16.1. The first-order chi connectivity index (χ1) is 86.5. The quantitative estimate of drug-likeness (QED) is 0.0549. The number of benzene rings is 6. The minimum atomic E-state index is -5.60. The normalized spacial score (nSPS) is 43.3. The Balaban J connectivity index is 0.000000314. The molecule has 0 amide bonds. The Morgan fingerprint density at radius 1 is 0.351 bits per heavy atom. The summed E-state index contributed by atoms with van der Waals surface area (Å²) < 4.78 is 823. The molecule has 0 aromatic heterocycles. The fourth-order valence-corrected chi connectivity index (χ4v) is 12.3. The Morgan fingerprint density at radius 3 is 0.965 bits per heavy atom. The van der Waals surface area contributed by atoms with Gasteiger partial charge in [0.25, 0.3) is 0 Å². The monoisotopic (exact) mass is 1770 g/mol. The molecule has 6 aromatic rings. The molecule has 6 aromatic carbocycles. The number of nitrogens with zero attached hydrogens (tertiary/aromatic N) is 6. The third kappa shape index (κ3) is 32.1. The highest BCUT2D eigenvalue weighted by molar-refractivity contribution is 7.92. The second kappa shape index (κ2) is 46.4. The summed E-state index contributed by atoms with van der Waals surface area (Å²) >= 11 is 0. The van der Waals surface area contributed by atoms with E-state index in [1.165, 1.54) is 20.8 Å². The lowest BCUT2D eigenvalue weighted by Gasteiger charge is -2.32. The van der Waals surface area contributed by atoms with E-state index in [9.17, 15) is 50.5 Å². The van der Waals surface area contributed by atoms with Crippen LogP contribution in [0.3, 0.4) is 0 Å². The van der Waals surface area contributed by atoms with E-state index in [1.807, 2.05) is 0 Å². The second-order valence-corrected chi connectivity index (χ2v) is 33.6. The molecule has 0 spiro atoms. The summed E-state index contributed by atoms with van der Waals surface area (Å²) in [4.78, 5) is -5.99. The van der Waals surface area contributed by atoms with Crippen molar-refractivity contribution in [2.24, 2.45) is 0 Å². The summed E-state index contributed by atoms with van der Waals surface area (Å²) in [5.74, 6) is -17.4. The first-order valence-electron chi connectivity index (χ1n) is 75.2. The van der Waals surface area contributed by atoms with Crippen LogP contribution in [0, 0.1) is 0 Å². The maximum atomic E-state index is 12.7. The summed E-state index contributed by atoms with van der Waals surface area (Å²) in [6.45, 7) is -36.7. The van der Waals surface area contributed by atoms with Crippen molar-refractivity contribution in [3.8, 4) is 0 Å². The molecule has 6 heterocycles. The van der Waals surface area contributed by atoms with Crippen molar-refractivity contribution in [3.05, 3.63) is 178 Å². The maximum absolute atomic E-state index is 12.7. The number of hydrogen-bond acceptors (Lipinski definition) is 18.